The second-order valence-corrected chi connectivity index (χ2v) is 6.74. The molecule has 1 aromatic heterocycles. The van der Waals surface area contributed by atoms with Gasteiger partial charge >= 0.3 is 0 Å². The number of nitrogens with one attached hydrogen (secondary N) is 3. The highest BCUT2D eigenvalue weighted by Gasteiger charge is 2.20. The average molecular weight is 288 g/mol. The van der Waals surface area contributed by atoms with Gasteiger partial charge in [-0.25, -0.2) is 13.1 Å². The molecule has 0 aromatic carbocycles. The Bertz CT molecular complexity index is 470. The van der Waals surface area contributed by atoms with Crippen molar-refractivity contribution in [2.45, 2.75) is 44.7 Å². The zero-order chi connectivity index (χ0) is 13.7. The zero-order valence-electron chi connectivity index (χ0n) is 11.0. The first-order chi connectivity index (χ1) is 9.07. The molecule has 19 heavy (non-hydrogen) atoms. The molecule has 1 atom stereocenters. The molecule has 1 unspecified atom stereocenters. The lowest BCUT2D eigenvalue weighted by molar-refractivity contribution is 0.553. The number of hydrogen-bond donors (Lipinski definition) is 3. The standard InChI is InChI=1S/C10H20N6O2S/c1-8(10-12-15-16-13-10)14-19(17,18)7-3-2-6-11-9-4-5-9/h8-9,11,14H,2-7H2,1H3,(H,12,13,15,16). The SMILES string of the molecule is CC(NS(=O)(=O)CCCCNC1CC1)c1nn[nH]n1. The summed E-state index contributed by atoms with van der Waals surface area (Å²) in [7, 11) is -3.29. The van der Waals surface area contributed by atoms with Gasteiger partial charge in [-0.2, -0.15) is 5.21 Å². The van der Waals surface area contributed by atoms with E-state index in [-0.39, 0.29) is 5.75 Å². The smallest absolute Gasteiger partial charge is 0.212 e. The molecule has 0 aliphatic heterocycles. The molecule has 0 saturated heterocycles. The van der Waals surface area contributed by atoms with Gasteiger partial charge in [0.1, 0.15) is 0 Å². The van der Waals surface area contributed by atoms with Crippen LogP contribution in [0.5, 0.6) is 0 Å². The summed E-state index contributed by atoms with van der Waals surface area (Å²) >= 11 is 0. The molecule has 1 aliphatic carbocycles. The van der Waals surface area contributed by atoms with Crippen LogP contribution in [0, 0.1) is 0 Å². The number of nitrogens with zero attached hydrogens (tertiary/aromatic N) is 3. The number of aromatic nitrogens is 4. The van der Waals surface area contributed by atoms with Crippen LogP contribution in [0.15, 0.2) is 0 Å². The Morgan fingerprint density at radius 2 is 2.21 bits per heavy atom. The van der Waals surface area contributed by atoms with E-state index in [1.807, 2.05) is 0 Å². The Labute approximate surface area is 112 Å². The highest BCUT2D eigenvalue weighted by Crippen LogP contribution is 2.18. The molecule has 1 fully saturated rings. The molecule has 1 saturated carbocycles. The third-order valence-electron chi connectivity index (χ3n) is 2.96. The van der Waals surface area contributed by atoms with Gasteiger partial charge in [0.05, 0.1) is 11.8 Å². The molecule has 1 aromatic rings. The predicted molar refractivity (Wildman–Crippen MR) is 69.8 cm³/mol. The first kappa shape index (κ1) is 14.4. The summed E-state index contributed by atoms with van der Waals surface area (Å²) in [5, 5.41) is 16.6. The van der Waals surface area contributed by atoms with Crippen LogP contribution in [0.2, 0.25) is 0 Å². The number of aromatic amines is 1. The minimum Gasteiger partial charge on any atom is -0.314 e. The molecule has 0 spiro atoms. The van der Waals surface area contributed by atoms with E-state index >= 15 is 0 Å². The Balaban J connectivity index is 1.65. The van der Waals surface area contributed by atoms with E-state index in [2.05, 4.69) is 30.7 Å². The van der Waals surface area contributed by atoms with E-state index in [0.29, 0.717) is 18.3 Å². The minimum atomic E-state index is -3.29. The number of unbranched alkanes of at least 4 members (excludes halogenated alkanes) is 1. The summed E-state index contributed by atoms with van der Waals surface area (Å²) in [6.45, 7) is 2.58. The van der Waals surface area contributed by atoms with E-state index in [9.17, 15) is 8.42 Å². The lowest BCUT2D eigenvalue weighted by atomic mass is 10.3. The molecule has 0 radical (unpaired) electrons. The quantitative estimate of drug-likeness (QED) is 0.538. The van der Waals surface area contributed by atoms with Crippen molar-refractivity contribution in [1.29, 1.82) is 0 Å². The van der Waals surface area contributed by atoms with Gasteiger partial charge in [-0.1, -0.05) is 5.21 Å². The van der Waals surface area contributed by atoms with Crippen molar-refractivity contribution in [1.82, 2.24) is 30.7 Å². The van der Waals surface area contributed by atoms with Crippen molar-refractivity contribution < 1.29 is 8.42 Å². The molecular weight excluding hydrogens is 268 g/mol. The van der Waals surface area contributed by atoms with Crippen molar-refractivity contribution in [2.24, 2.45) is 0 Å². The third kappa shape index (κ3) is 5.21. The molecule has 9 heteroatoms. The Hall–Kier alpha value is -1.06. The molecule has 3 N–H and O–H groups in total. The second-order valence-electron chi connectivity index (χ2n) is 4.86. The molecule has 1 aliphatic rings. The number of H-pyrrole nitrogens is 1. The maximum atomic E-state index is 11.8. The second kappa shape index (κ2) is 6.40. The number of sulfonamides is 1. The van der Waals surface area contributed by atoms with E-state index in [0.717, 1.165) is 13.0 Å². The summed E-state index contributed by atoms with van der Waals surface area (Å²) in [6, 6.07) is 0.210. The summed E-state index contributed by atoms with van der Waals surface area (Å²) in [5.74, 6) is 0.473. The minimum absolute atomic E-state index is 0.127. The van der Waals surface area contributed by atoms with Crippen molar-refractivity contribution in [3.63, 3.8) is 0 Å². The van der Waals surface area contributed by atoms with Crippen LogP contribution in [0.25, 0.3) is 0 Å². The van der Waals surface area contributed by atoms with Crippen LogP contribution in [0.1, 0.15) is 44.5 Å². The van der Waals surface area contributed by atoms with Gasteiger partial charge in [0.15, 0.2) is 5.82 Å². The van der Waals surface area contributed by atoms with Crippen LogP contribution < -0.4 is 10.0 Å². The van der Waals surface area contributed by atoms with Gasteiger partial charge in [-0.3, -0.25) is 0 Å². The van der Waals surface area contributed by atoms with Gasteiger partial charge < -0.3 is 5.32 Å². The van der Waals surface area contributed by atoms with E-state index < -0.39 is 16.1 Å². The van der Waals surface area contributed by atoms with E-state index in [1.54, 1.807) is 6.92 Å². The lowest BCUT2D eigenvalue weighted by Crippen LogP contribution is -2.30. The van der Waals surface area contributed by atoms with Crippen LogP contribution in [-0.4, -0.2) is 47.4 Å². The monoisotopic (exact) mass is 288 g/mol. The number of rotatable bonds is 9. The fourth-order valence-corrected chi connectivity index (χ4v) is 3.09. The molecule has 0 amide bonds. The third-order valence-corrected chi connectivity index (χ3v) is 4.49. The topological polar surface area (TPSA) is 113 Å². The van der Waals surface area contributed by atoms with E-state index in [4.69, 9.17) is 0 Å². The maximum absolute atomic E-state index is 11.8. The van der Waals surface area contributed by atoms with Crippen LogP contribution in [-0.2, 0) is 10.0 Å². The van der Waals surface area contributed by atoms with Gasteiger partial charge in [0.2, 0.25) is 10.0 Å². The normalized spacial score (nSPS) is 17.5. The van der Waals surface area contributed by atoms with Crippen molar-refractivity contribution >= 4 is 10.0 Å². The highest BCUT2D eigenvalue weighted by molar-refractivity contribution is 7.89. The van der Waals surface area contributed by atoms with Gasteiger partial charge in [0, 0.05) is 6.04 Å². The fourth-order valence-electron chi connectivity index (χ4n) is 1.74. The lowest BCUT2D eigenvalue weighted by Gasteiger charge is -2.10. The Morgan fingerprint density at radius 3 is 2.84 bits per heavy atom. The largest absolute Gasteiger partial charge is 0.314 e. The predicted octanol–water partition coefficient (Wildman–Crippen LogP) is -0.288. The Kier molecular flexibility index (Phi) is 4.83. The first-order valence-corrected chi connectivity index (χ1v) is 8.19. The molecule has 1 heterocycles. The molecule has 108 valence electrons. The van der Waals surface area contributed by atoms with Crippen LogP contribution >= 0.6 is 0 Å². The Morgan fingerprint density at radius 1 is 1.42 bits per heavy atom. The maximum Gasteiger partial charge on any atom is 0.212 e. The van der Waals surface area contributed by atoms with Crippen molar-refractivity contribution in [2.75, 3.05) is 12.3 Å². The summed E-state index contributed by atoms with van der Waals surface area (Å²) in [4.78, 5) is 0. The number of hydrogen-bond acceptors (Lipinski definition) is 6. The number of tetrazole rings is 1. The van der Waals surface area contributed by atoms with Gasteiger partial charge in [-0.15, -0.1) is 10.2 Å². The van der Waals surface area contributed by atoms with Crippen molar-refractivity contribution in [3.8, 4) is 0 Å². The molecule has 8 nitrogen and oxygen atoms in total. The highest BCUT2D eigenvalue weighted by atomic mass is 32.2. The summed E-state index contributed by atoms with van der Waals surface area (Å²) in [6.07, 6.45) is 4.02. The van der Waals surface area contributed by atoms with Crippen LogP contribution in [0.4, 0.5) is 0 Å². The fraction of sp³-hybridized carbons (Fsp3) is 0.900. The molecule has 0 bridgehead atoms. The zero-order valence-corrected chi connectivity index (χ0v) is 11.8. The van der Waals surface area contributed by atoms with Gasteiger partial charge in [-0.05, 0) is 39.2 Å². The first-order valence-electron chi connectivity index (χ1n) is 6.53. The van der Waals surface area contributed by atoms with Crippen molar-refractivity contribution in [3.05, 3.63) is 5.82 Å². The van der Waals surface area contributed by atoms with Gasteiger partial charge in [0.25, 0.3) is 0 Å². The molecular formula is C10H20N6O2S. The molecule has 2 rings (SSSR count). The summed E-state index contributed by atoms with van der Waals surface area (Å²) < 4.78 is 26.2. The van der Waals surface area contributed by atoms with E-state index in [1.165, 1.54) is 12.8 Å². The van der Waals surface area contributed by atoms with Crippen LogP contribution in [0.3, 0.4) is 0 Å². The average Bonchev–Trinajstić information content (AvgIpc) is 3.00. The summed E-state index contributed by atoms with van der Waals surface area (Å²) in [5.41, 5.74) is 0.